The zero-order valence-electron chi connectivity index (χ0n) is 17.1. The fourth-order valence-corrected chi connectivity index (χ4v) is 3.93. The van der Waals surface area contributed by atoms with Crippen molar-refractivity contribution in [3.8, 4) is 12.3 Å². The number of sulfone groups is 1. The van der Waals surface area contributed by atoms with Crippen LogP contribution in [0.2, 0.25) is 0 Å². The largest absolute Gasteiger partial charge is 0.345 e. The summed E-state index contributed by atoms with van der Waals surface area (Å²) in [6.45, 7) is 1.99. The molecule has 0 aliphatic carbocycles. The van der Waals surface area contributed by atoms with Crippen molar-refractivity contribution in [2.45, 2.75) is 49.2 Å². The van der Waals surface area contributed by atoms with Gasteiger partial charge in [-0.2, -0.15) is 10.2 Å². The number of carbonyl (C=O) groups is 1. The van der Waals surface area contributed by atoms with Crippen LogP contribution in [0.4, 0.5) is 0 Å². The molecule has 1 aliphatic rings. The lowest BCUT2D eigenvalue weighted by molar-refractivity contribution is -0.121. The highest BCUT2D eigenvalue weighted by molar-refractivity contribution is 7.90. The highest BCUT2D eigenvalue weighted by Crippen LogP contribution is 2.37. The van der Waals surface area contributed by atoms with Crippen molar-refractivity contribution >= 4 is 15.7 Å². The van der Waals surface area contributed by atoms with Gasteiger partial charge >= 0.3 is 0 Å². The molecule has 7 heteroatoms. The first-order valence-corrected chi connectivity index (χ1v) is 11.7. The van der Waals surface area contributed by atoms with Crippen LogP contribution in [0.15, 0.2) is 63.7 Å². The number of hydrogen-bond acceptors (Lipinski definition) is 5. The molecular formula is C23H25N3O3S. The quantitative estimate of drug-likeness (QED) is 0.619. The third-order valence-electron chi connectivity index (χ3n) is 5.14. The lowest BCUT2D eigenvalue weighted by Gasteiger charge is -2.21. The maximum absolute atomic E-state index is 12.7. The van der Waals surface area contributed by atoms with Crippen molar-refractivity contribution < 1.29 is 13.2 Å². The summed E-state index contributed by atoms with van der Waals surface area (Å²) in [4.78, 5) is 13.0. The fourth-order valence-electron chi connectivity index (χ4n) is 3.26. The predicted octanol–water partition coefficient (Wildman–Crippen LogP) is 3.96. The van der Waals surface area contributed by atoms with Gasteiger partial charge in [-0.1, -0.05) is 42.0 Å². The van der Waals surface area contributed by atoms with Crippen LogP contribution in [-0.2, 0) is 14.6 Å². The predicted molar refractivity (Wildman–Crippen MR) is 116 cm³/mol. The summed E-state index contributed by atoms with van der Waals surface area (Å²) in [5, 5.41) is 11.2. The van der Waals surface area contributed by atoms with E-state index in [2.05, 4.69) is 21.5 Å². The highest BCUT2D eigenvalue weighted by Gasteiger charge is 2.39. The van der Waals surface area contributed by atoms with Crippen LogP contribution >= 0.6 is 0 Å². The standard InChI is InChI=1S/C23H25N3O3S/c1-4-5-14-23(25-26-23)15-13-21(27)24-22(18-11-9-17(2)10-12-18)19-7-6-8-20(16-19)30(3,28)29/h1,6-12,16,22H,5,13-15H2,2-3H3,(H,24,27). The van der Waals surface area contributed by atoms with E-state index < -0.39 is 21.5 Å². The SMILES string of the molecule is C#CCCC1(CCC(=O)NC(c2ccc(C)cc2)c2cccc(S(C)(=O)=O)c2)N=N1. The average Bonchev–Trinajstić information content (AvgIpc) is 3.49. The van der Waals surface area contributed by atoms with E-state index in [1.54, 1.807) is 18.2 Å². The Labute approximate surface area is 177 Å². The summed E-state index contributed by atoms with van der Waals surface area (Å²) in [6, 6.07) is 14.0. The summed E-state index contributed by atoms with van der Waals surface area (Å²) in [5.74, 6) is 2.43. The number of nitrogens with one attached hydrogen (secondary N) is 1. The van der Waals surface area contributed by atoms with Crippen LogP contribution < -0.4 is 5.32 Å². The van der Waals surface area contributed by atoms with E-state index in [-0.39, 0.29) is 17.2 Å². The van der Waals surface area contributed by atoms with Gasteiger partial charge in [-0.3, -0.25) is 4.79 Å². The van der Waals surface area contributed by atoms with E-state index in [0.29, 0.717) is 24.8 Å². The van der Waals surface area contributed by atoms with E-state index in [0.717, 1.165) is 11.1 Å². The molecule has 2 aromatic rings. The number of nitrogens with zero attached hydrogens (tertiary/aromatic N) is 2. The molecule has 2 aromatic carbocycles. The Morgan fingerprint density at radius 3 is 2.43 bits per heavy atom. The van der Waals surface area contributed by atoms with Crippen molar-refractivity contribution in [3.63, 3.8) is 0 Å². The van der Waals surface area contributed by atoms with Gasteiger partial charge in [0.1, 0.15) is 0 Å². The molecule has 1 atom stereocenters. The molecule has 0 saturated heterocycles. The van der Waals surface area contributed by atoms with Gasteiger partial charge < -0.3 is 5.32 Å². The first-order chi connectivity index (χ1) is 14.2. The van der Waals surface area contributed by atoms with Crippen molar-refractivity contribution in [2.24, 2.45) is 10.2 Å². The summed E-state index contributed by atoms with van der Waals surface area (Å²) < 4.78 is 24.0. The molecule has 0 radical (unpaired) electrons. The van der Waals surface area contributed by atoms with Crippen LogP contribution in [0.3, 0.4) is 0 Å². The van der Waals surface area contributed by atoms with Crippen LogP contribution in [-0.4, -0.2) is 26.2 Å². The number of rotatable bonds is 9. The minimum Gasteiger partial charge on any atom is -0.345 e. The molecule has 3 rings (SSSR count). The fraction of sp³-hybridized carbons (Fsp3) is 0.348. The molecule has 0 bridgehead atoms. The summed E-state index contributed by atoms with van der Waals surface area (Å²) >= 11 is 0. The van der Waals surface area contributed by atoms with Gasteiger partial charge in [0.05, 0.1) is 10.9 Å². The Bertz CT molecular complexity index is 1090. The Hall–Kier alpha value is -2.98. The van der Waals surface area contributed by atoms with Gasteiger partial charge in [0.25, 0.3) is 0 Å². The number of terminal acetylenes is 1. The lowest BCUT2D eigenvalue weighted by Crippen LogP contribution is -2.30. The molecule has 0 saturated carbocycles. The van der Waals surface area contributed by atoms with E-state index in [1.165, 1.54) is 6.26 Å². The molecule has 156 valence electrons. The van der Waals surface area contributed by atoms with Gasteiger partial charge in [0.2, 0.25) is 5.91 Å². The molecule has 0 fully saturated rings. The molecular weight excluding hydrogens is 398 g/mol. The van der Waals surface area contributed by atoms with Gasteiger partial charge in [0, 0.05) is 31.9 Å². The topological polar surface area (TPSA) is 88.0 Å². The Balaban J connectivity index is 1.80. The number of hydrogen-bond donors (Lipinski definition) is 1. The van der Waals surface area contributed by atoms with Gasteiger partial charge in [-0.25, -0.2) is 8.42 Å². The maximum atomic E-state index is 12.7. The molecule has 1 unspecified atom stereocenters. The molecule has 1 N–H and O–H groups in total. The number of benzene rings is 2. The van der Waals surface area contributed by atoms with Crippen molar-refractivity contribution in [3.05, 3.63) is 65.2 Å². The molecule has 1 heterocycles. The molecule has 30 heavy (non-hydrogen) atoms. The maximum Gasteiger partial charge on any atom is 0.220 e. The molecule has 0 aromatic heterocycles. The van der Waals surface area contributed by atoms with Gasteiger partial charge in [-0.15, -0.1) is 12.3 Å². The number of amides is 1. The van der Waals surface area contributed by atoms with Crippen molar-refractivity contribution in [2.75, 3.05) is 6.26 Å². The smallest absolute Gasteiger partial charge is 0.220 e. The van der Waals surface area contributed by atoms with Crippen LogP contribution in [0.25, 0.3) is 0 Å². The molecule has 0 spiro atoms. The van der Waals surface area contributed by atoms with E-state index in [9.17, 15) is 13.2 Å². The lowest BCUT2D eigenvalue weighted by atomic mass is 9.97. The highest BCUT2D eigenvalue weighted by atomic mass is 32.2. The van der Waals surface area contributed by atoms with E-state index >= 15 is 0 Å². The first-order valence-electron chi connectivity index (χ1n) is 9.76. The van der Waals surface area contributed by atoms with Crippen LogP contribution in [0.1, 0.15) is 48.4 Å². The third kappa shape index (κ3) is 5.55. The first kappa shape index (κ1) is 21.7. The van der Waals surface area contributed by atoms with Crippen molar-refractivity contribution in [1.29, 1.82) is 0 Å². The second kappa shape index (κ2) is 8.80. The molecule has 6 nitrogen and oxygen atoms in total. The Morgan fingerprint density at radius 2 is 1.83 bits per heavy atom. The van der Waals surface area contributed by atoms with Crippen molar-refractivity contribution in [1.82, 2.24) is 5.32 Å². The second-order valence-corrected chi connectivity index (χ2v) is 9.66. The number of carbonyl (C=O) groups excluding carboxylic acids is 1. The molecule has 1 amide bonds. The third-order valence-corrected chi connectivity index (χ3v) is 6.25. The van der Waals surface area contributed by atoms with Gasteiger partial charge in [-0.05, 0) is 30.2 Å². The zero-order valence-corrected chi connectivity index (χ0v) is 17.9. The zero-order chi connectivity index (χ0) is 21.8. The van der Waals surface area contributed by atoms with Gasteiger partial charge in [0.15, 0.2) is 15.5 Å². The minimum absolute atomic E-state index is 0.150. The number of aryl methyl sites for hydroxylation is 1. The Morgan fingerprint density at radius 1 is 1.13 bits per heavy atom. The molecule has 1 aliphatic heterocycles. The monoisotopic (exact) mass is 423 g/mol. The van der Waals surface area contributed by atoms with Crippen LogP contribution in [0, 0.1) is 19.3 Å². The second-order valence-electron chi connectivity index (χ2n) is 7.64. The summed E-state index contributed by atoms with van der Waals surface area (Å²) in [6.07, 6.45) is 8.46. The average molecular weight is 424 g/mol. The summed E-state index contributed by atoms with van der Waals surface area (Å²) in [7, 11) is -3.36. The van der Waals surface area contributed by atoms with Crippen LogP contribution in [0.5, 0.6) is 0 Å². The van der Waals surface area contributed by atoms with E-state index in [4.69, 9.17) is 6.42 Å². The Kier molecular flexibility index (Phi) is 6.37. The minimum atomic E-state index is -3.36. The summed E-state index contributed by atoms with van der Waals surface area (Å²) in [5.41, 5.74) is 2.17. The van der Waals surface area contributed by atoms with E-state index in [1.807, 2.05) is 37.3 Å². The normalized spacial score (nSPS) is 15.2.